The van der Waals surface area contributed by atoms with Crippen LogP contribution in [-0.2, 0) is 0 Å². The highest BCUT2D eigenvalue weighted by Crippen LogP contribution is 2.46. The molecule has 0 radical (unpaired) electrons. The Bertz CT molecular complexity index is 2830. The van der Waals surface area contributed by atoms with E-state index in [1.54, 1.807) is 0 Å². The predicted molar refractivity (Wildman–Crippen MR) is 221 cm³/mol. The Labute approximate surface area is 303 Å². The predicted octanol–water partition coefficient (Wildman–Crippen LogP) is 13.9. The average Bonchev–Trinajstić information content (AvgIpc) is 3.56. The standard InChI is InChI=1S/C50H34N2/c1-2-22-39(23-3-1)51-48-30-11-9-27-44(48)50-43(28-15-33-49(50)51)38-21-12-20-37(34-38)42-26-8-10-29-45(42)52(46-31-13-18-35-16-4-6-24-40(35)46)47-32-14-19-36-17-5-7-25-41(36)47/h1-34H. The van der Waals surface area contributed by atoms with E-state index in [9.17, 15) is 0 Å². The smallest absolute Gasteiger partial charge is 0.0547 e. The minimum absolute atomic E-state index is 1.13. The third kappa shape index (κ3) is 4.88. The largest absolute Gasteiger partial charge is 0.309 e. The fraction of sp³-hybridized carbons (Fsp3) is 0. The number of para-hydroxylation sites is 3. The van der Waals surface area contributed by atoms with Gasteiger partial charge in [-0.2, -0.15) is 0 Å². The molecule has 10 aromatic rings. The van der Waals surface area contributed by atoms with E-state index in [0.29, 0.717) is 0 Å². The molecule has 2 nitrogen and oxygen atoms in total. The van der Waals surface area contributed by atoms with Crippen molar-refractivity contribution in [3.05, 3.63) is 206 Å². The Morgan fingerprint density at radius 1 is 0.327 bits per heavy atom. The first-order chi connectivity index (χ1) is 25.8. The van der Waals surface area contributed by atoms with Crippen LogP contribution >= 0.6 is 0 Å². The summed E-state index contributed by atoms with van der Waals surface area (Å²) in [4.78, 5) is 2.46. The summed E-state index contributed by atoms with van der Waals surface area (Å²) in [5.74, 6) is 0. The first-order valence-corrected chi connectivity index (χ1v) is 17.9. The van der Waals surface area contributed by atoms with Crippen LogP contribution < -0.4 is 4.90 Å². The van der Waals surface area contributed by atoms with E-state index in [0.717, 1.165) is 22.7 Å². The molecule has 244 valence electrons. The van der Waals surface area contributed by atoms with E-state index in [1.807, 2.05) is 0 Å². The van der Waals surface area contributed by atoms with Gasteiger partial charge in [-0.15, -0.1) is 0 Å². The van der Waals surface area contributed by atoms with Crippen molar-refractivity contribution in [1.82, 2.24) is 4.57 Å². The number of benzene rings is 9. The number of aromatic nitrogens is 1. The van der Waals surface area contributed by atoms with E-state index in [4.69, 9.17) is 0 Å². The summed E-state index contributed by atoms with van der Waals surface area (Å²) in [5, 5.41) is 7.37. The van der Waals surface area contributed by atoms with Crippen LogP contribution in [0.2, 0.25) is 0 Å². The van der Waals surface area contributed by atoms with Gasteiger partial charge < -0.3 is 9.47 Å². The van der Waals surface area contributed by atoms with Crippen LogP contribution in [0, 0.1) is 0 Å². The normalized spacial score (nSPS) is 11.5. The second kappa shape index (κ2) is 12.5. The minimum Gasteiger partial charge on any atom is -0.309 e. The molecule has 9 aromatic carbocycles. The molecule has 0 amide bonds. The lowest BCUT2D eigenvalue weighted by molar-refractivity contribution is 1.18. The monoisotopic (exact) mass is 662 g/mol. The summed E-state index contributed by atoms with van der Waals surface area (Å²) in [6.07, 6.45) is 0. The summed E-state index contributed by atoms with van der Waals surface area (Å²) in [6, 6.07) is 74.7. The number of anilines is 3. The van der Waals surface area contributed by atoms with Gasteiger partial charge in [-0.1, -0.05) is 158 Å². The number of nitrogens with zero attached hydrogens (tertiary/aromatic N) is 2. The maximum atomic E-state index is 2.46. The molecular weight excluding hydrogens is 629 g/mol. The first-order valence-electron chi connectivity index (χ1n) is 17.9. The van der Waals surface area contributed by atoms with Crippen LogP contribution in [-0.4, -0.2) is 4.57 Å². The van der Waals surface area contributed by atoms with Gasteiger partial charge in [-0.05, 0) is 76.0 Å². The summed E-state index contributed by atoms with van der Waals surface area (Å²) in [6.45, 7) is 0. The topological polar surface area (TPSA) is 8.17 Å². The lowest BCUT2D eigenvalue weighted by Crippen LogP contribution is -2.12. The fourth-order valence-electron chi connectivity index (χ4n) is 8.08. The zero-order valence-electron chi connectivity index (χ0n) is 28.5. The molecule has 0 aliphatic carbocycles. The Balaban J connectivity index is 1.20. The van der Waals surface area contributed by atoms with Crippen molar-refractivity contribution in [3.63, 3.8) is 0 Å². The molecule has 1 heterocycles. The molecule has 52 heavy (non-hydrogen) atoms. The SMILES string of the molecule is c1ccc(-n2c3ccccc3c3c(-c4cccc(-c5ccccc5N(c5cccc6ccccc56)c5cccc6ccccc56)c4)cccc32)cc1. The highest BCUT2D eigenvalue weighted by Gasteiger charge is 2.21. The van der Waals surface area contributed by atoms with E-state index in [2.05, 4.69) is 216 Å². The van der Waals surface area contributed by atoms with Crippen molar-refractivity contribution >= 4 is 60.4 Å². The highest BCUT2D eigenvalue weighted by atomic mass is 15.1. The summed E-state index contributed by atoms with van der Waals surface area (Å²) < 4.78 is 2.39. The van der Waals surface area contributed by atoms with Gasteiger partial charge in [0, 0.05) is 32.8 Å². The van der Waals surface area contributed by atoms with Crippen molar-refractivity contribution in [3.8, 4) is 27.9 Å². The number of rotatable bonds is 6. The molecule has 1 aromatic heterocycles. The fourth-order valence-corrected chi connectivity index (χ4v) is 8.08. The maximum absolute atomic E-state index is 2.46. The second-order valence-corrected chi connectivity index (χ2v) is 13.3. The third-order valence-electron chi connectivity index (χ3n) is 10.4. The zero-order valence-corrected chi connectivity index (χ0v) is 28.5. The van der Waals surface area contributed by atoms with Gasteiger partial charge in [0.2, 0.25) is 0 Å². The van der Waals surface area contributed by atoms with Crippen molar-refractivity contribution in [2.24, 2.45) is 0 Å². The van der Waals surface area contributed by atoms with Gasteiger partial charge >= 0.3 is 0 Å². The average molecular weight is 663 g/mol. The molecule has 0 fully saturated rings. The Hall–Kier alpha value is -6.90. The van der Waals surface area contributed by atoms with Crippen LogP contribution in [0.5, 0.6) is 0 Å². The van der Waals surface area contributed by atoms with Crippen molar-refractivity contribution in [2.45, 2.75) is 0 Å². The molecule has 10 rings (SSSR count). The molecule has 0 spiro atoms. The van der Waals surface area contributed by atoms with Gasteiger partial charge in [0.1, 0.15) is 0 Å². The van der Waals surface area contributed by atoms with E-state index >= 15 is 0 Å². The molecule has 0 aliphatic rings. The Morgan fingerprint density at radius 2 is 0.808 bits per heavy atom. The van der Waals surface area contributed by atoms with Crippen LogP contribution in [0.4, 0.5) is 17.1 Å². The Kier molecular flexibility index (Phi) is 7.18. The second-order valence-electron chi connectivity index (χ2n) is 13.3. The number of hydrogen-bond donors (Lipinski definition) is 0. The summed E-state index contributed by atoms with van der Waals surface area (Å²) in [5.41, 5.74) is 11.8. The molecule has 2 heteroatoms. The van der Waals surface area contributed by atoms with Gasteiger partial charge in [0.25, 0.3) is 0 Å². The van der Waals surface area contributed by atoms with Gasteiger partial charge in [0.05, 0.1) is 28.1 Å². The molecule has 0 saturated heterocycles. The third-order valence-corrected chi connectivity index (χ3v) is 10.4. The highest BCUT2D eigenvalue weighted by molar-refractivity contribution is 6.16. The van der Waals surface area contributed by atoms with E-state index in [1.165, 1.54) is 65.6 Å². The summed E-state index contributed by atoms with van der Waals surface area (Å²) in [7, 11) is 0. The quantitative estimate of drug-likeness (QED) is 0.172. The van der Waals surface area contributed by atoms with Crippen molar-refractivity contribution in [1.29, 1.82) is 0 Å². The molecule has 0 atom stereocenters. The molecule has 0 unspecified atom stereocenters. The molecule has 0 N–H and O–H groups in total. The van der Waals surface area contributed by atoms with Crippen molar-refractivity contribution < 1.29 is 0 Å². The lowest BCUT2D eigenvalue weighted by atomic mass is 9.94. The van der Waals surface area contributed by atoms with Crippen LogP contribution in [0.1, 0.15) is 0 Å². The summed E-state index contributed by atoms with van der Waals surface area (Å²) >= 11 is 0. The van der Waals surface area contributed by atoms with Gasteiger partial charge in [-0.3, -0.25) is 0 Å². The number of hydrogen-bond acceptors (Lipinski definition) is 1. The minimum atomic E-state index is 1.13. The van der Waals surface area contributed by atoms with Crippen LogP contribution in [0.25, 0.3) is 71.3 Å². The van der Waals surface area contributed by atoms with E-state index in [-0.39, 0.29) is 0 Å². The molecule has 0 saturated carbocycles. The van der Waals surface area contributed by atoms with Crippen molar-refractivity contribution in [2.75, 3.05) is 4.90 Å². The zero-order chi connectivity index (χ0) is 34.4. The Morgan fingerprint density at radius 3 is 1.54 bits per heavy atom. The maximum Gasteiger partial charge on any atom is 0.0547 e. The van der Waals surface area contributed by atoms with Crippen LogP contribution in [0.3, 0.4) is 0 Å². The van der Waals surface area contributed by atoms with Gasteiger partial charge in [0.15, 0.2) is 0 Å². The van der Waals surface area contributed by atoms with Crippen LogP contribution in [0.15, 0.2) is 206 Å². The molecule has 0 bridgehead atoms. The lowest BCUT2D eigenvalue weighted by Gasteiger charge is -2.30. The molecule has 0 aliphatic heterocycles. The van der Waals surface area contributed by atoms with Gasteiger partial charge in [-0.25, -0.2) is 0 Å². The first kappa shape index (κ1) is 30.0. The molecular formula is C50H34N2. The number of fused-ring (bicyclic) bond motifs is 5. The van der Waals surface area contributed by atoms with E-state index < -0.39 is 0 Å².